The predicted molar refractivity (Wildman–Crippen MR) is 319 cm³/mol. The van der Waals surface area contributed by atoms with Crippen molar-refractivity contribution in [3.8, 4) is 0 Å². The molecule has 0 radical (unpaired) electrons. The molecule has 0 aromatic carbocycles. The van der Waals surface area contributed by atoms with Crippen LogP contribution in [0.15, 0.2) is 36.5 Å². The van der Waals surface area contributed by atoms with Gasteiger partial charge >= 0.3 is 5.97 Å². The maximum Gasteiger partial charge on any atom is 0.305 e. The van der Waals surface area contributed by atoms with Crippen molar-refractivity contribution < 1.29 is 24.5 Å². The fraction of sp³-hybridized carbons (Fsp3) is 0.881. The van der Waals surface area contributed by atoms with Crippen LogP contribution in [-0.4, -0.2) is 47.4 Å². The smallest absolute Gasteiger partial charge is 0.305 e. The van der Waals surface area contributed by atoms with Crippen LogP contribution in [0.25, 0.3) is 0 Å². The minimum atomic E-state index is -0.842. The van der Waals surface area contributed by atoms with Gasteiger partial charge in [0, 0.05) is 12.8 Å². The zero-order chi connectivity index (χ0) is 52.9. The highest BCUT2D eigenvalue weighted by atomic mass is 16.5. The van der Waals surface area contributed by atoms with Crippen LogP contribution in [0.3, 0.4) is 0 Å². The Morgan fingerprint density at radius 3 is 1.07 bits per heavy atom. The van der Waals surface area contributed by atoms with Crippen LogP contribution in [0.1, 0.15) is 354 Å². The van der Waals surface area contributed by atoms with E-state index in [1.54, 1.807) is 6.08 Å². The van der Waals surface area contributed by atoms with Gasteiger partial charge in [0.15, 0.2) is 0 Å². The minimum absolute atomic E-state index is 0.00373. The van der Waals surface area contributed by atoms with E-state index in [1.165, 1.54) is 276 Å². The summed E-state index contributed by atoms with van der Waals surface area (Å²) in [5, 5.41) is 23.1. The Kier molecular flexibility index (Phi) is 61.0. The third-order valence-corrected chi connectivity index (χ3v) is 15.2. The molecule has 0 bridgehead atoms. The lowest BCUT2D eigenvalue weighted by molar-refractivity contribution is -0.143. The molecule has 6 nitrogen and oxygen atoms in total. The zero-order valence-electron chi connectivity index (χ0n) is 49.1. The number of nitrogens with one attached hydrogen (secondary N) is 1. The molecule has 0 fully saturated rings. The van der Waals surface area contributed by atoms with Gasteiger partial charge in [-0.25, -0.2) is 0 Å². The quantitative estimate of drug-likeness (QED) is 0.0320. The number of carbonyl (C=O) groups excluding carboxylic acids is 2. The molecule has 73 heavy (non-hydrogen) atoms. The van der Waals surface area contributed by atoms with Crippen molar-refractivity contribution in [3.05, 3.63) is 36.5 Å². The van der Waals surface area contributed by atoms with Gasteiger partial charge in [0.25, 0.3) is 0 Å². The van der Waals surface area contributed by atoms with E-state index in [0.29, 0.717) is 19.4 Å². The number of carbonyl (C=O) groups is 2. The van der Waals surface area contributed by atoms with E-state index >= 15 is 0 Å². The van der Waals surface area contributed by atoms with Gasteiger partial charge in [-0.15, -0.1) is 0 Å². The third kappa shape index (κ3) is 59.2. The summed E-state index contributed by atoms with van der Waals surface area (Å²) in [4.78, 5) is 24.5. The molecule has 0 rings (SSSR count). The van der Waals surface area contributed by atoms with Crippen molar-refractivity contribution in [1.29, 1.82) is 0 Å². The molecule has 3 N–H and O–H groups in total. The molecule has 430 valence electrons. The number of hydrogen-bond acceptors (Lipinski definition) is 5. The van der Waals surface area contributed by atoms with Gasteiger partial charge < -0.3 is 20.3 Å². The van der Waals surface area contributed by atoms with Crippen LogP contribution in [0.4, 0.5) is 0 Å². The molecule has 0 aromatic rings. The summed E-state index contributed by atoms with van der Waals surface area (Å²) in [7, 11) is 0. The molecule has 0 saturated carbocycles. The van der Waals surface area contributed by atoms with Crippen molar-refractivity contribution in [2.24, 2.45) is 0 Å². The second kappa shape index (κ2) is 62.6. The molecular weight excluding hydrogens is 899 g/mol. The van der Waals surface area contributed by atoms with E-state index in [4.69, 9.17) is 4.74 Å². The third-order valence-electron chi connectivity index (χ3n) is 15.2. The molecule has 0 aliphatic heterocycles. The van der Waals surface area contributed by atoms with Gasteiger partial charge in [-0.2, -0.15) is 0 Å². The lowest BCUT2D eigenvalue weighted by Gasteiger charge is -2.20. The Hall–Kier alpha value is -1.92. The van der Waals surface area contributed by atoms with E-state index in [9.17, 15) is 19.8 Å². The average molecular weight is 1030 g/mol. The van der Waals surface area contributed by atoms with Crippen LogP contribution < -0.4 is 5.32 Å². The molecule has 2 unspecified atom stereocenters. The Bertz CT molecular complexity index is 1180. The number of unbranched alkanes of at least 4 members (excludes halogenated alkanes) is 46. The summed E-state index contributed by atoms with van der Waals surface area (Å²) in [6.45, 7) is 4.89. The standard InChI is InChI=1S/C67H127NO5/c1-3-5-7-9-11-13-15-17-32-37-41-45-49-53-57-61-67(72)73-62-58-54-50-46-42-38-34-31-29-27-25-23-21-19-20-22-24-26-28-30-33-36-40-44-48-52-56-60-66(71)68-64(63-69)65(70)59-55-51-47-43-39-35-18-16-14-12-10-8-6-4-2/h11,13,17,32,55,59,64-65,69-70H,3-10,12,14-16,18-31,33-54,56-58,60-63H2,1-2H3,(H,68,71)/b13-11-,32-17-,59-55+. The average Bonchev–Trinajstić information content (AvgIpc) is 3.39. The molecule has 0 heterocycles. The number of aliphatic hydroxyl groups excluding tert-OH is 2. The Morgan fingerprint density at radius 1 is 0.384 bits per heavy atom. The van der Waals surface area contributed by atoms with Crippen LogP contribution in [0.2, 0.25) is 0 Å². The summed E-state index contributed by atoms with van der Waals surface area (Å²) in [6.07, 6.45) is 79.2. The van der Waals surface area contributed by atoms with Crippen molar-refractivity contribution >= 4 is 11.9 Å². The highest BCUT2D eigenvalue weighted by molar-refractivity contribution is 5.76. The Labute approximate surface area is 455 Å². The Morgan fingerprint density at radius 2 is 0.685 bits per heavy atom. The zero-order valence-corrected chi connectivity index (χ0v) is 49.1. The number of esters is 1. The lowest BCUT2D eigenvalue weighted by Crippen LogP contribution is -2.45. The number of hydrogen-bond donors (Lipinski definition) is 3. The summed E-state index contributed by atoms with van der Waals surface area (Å²) in [5.74, 6) is -0.0604. The number of ether oxygens (including phenoxy) is 1. The van der Waals surface area contributed by atoms with Gasteiger partial charge in [0.1, 0.15) is 0 Å². The molecular formula is C67H127NO5. The van der Waals surface area contributed by atoms with Crippen LogP contribution >= 0.6 is 0 Å². The number of aliphatic hydroxyl groups is 2. The molecule has 0 aliphatic rings. The number of rotatable bonds is 61. The van der Waals surface area contributed by atoms with E-state index in [1.807, 2.05) is 6.08 Å². The van der Waals surface area contributed by atoms with Crippen molar-refractivity contribution in [2.45, 2.75) is 366 Å². The first-order chi connectivity index (χ1) is 36.0. The summed E-state index contributed by atoms with van der Waals surface area (Å²) >= 11 is 0. The largest absolute Gasteiger partial charge is 0.466 e. The van der Waals surface area contributed by atoms with E-state index in [0.717, 1.165) is 51.4 Å². The van der Waals surface area contributed by atoms with Gasteiger partial charge in [0.2, 0.25) is 5.91 Å². The van der Waals surface area contributed by atoms with Crippen molar-refractivity contribution in [2.75, 3.05) is 13.2 Å². The molecule has 0 spiro atoms. The summed E-state index contributed by atoms with van der Waals surface area (Å²) in [5.41, 5.74) is 0. The molecule has 6 heteroatoms. The molecule has 0 aromatic heterocycles. The normalized spacial score (nSPS) is 12.8. The minimum Gasteiger partial charge on any atom is -0.466 e. The Balaban J connectivity index is 3.36. The maximum atomic E-state index is 12.5. The highest BCUT2D eigenvalue weighted by Crippen LogP contribution is 2.18. The topological polar surface area (TPSA) is 95.9 Å². The predicted octanol–water partition coefficient (Wildman–Crippen LogP) is 20.8. The number of amides is 1. The van der Waals surface area contributed by atoms with Gasteiger partial charge in [0.05, 0.1) is 25.4 Å². The molecule has 0 saturated heterocycles. The van der Waals surface area contributed by atoms with E-state index in [2.05, 4.69) is 43.5 Å². The maximum absolute atomic E-state index is 12.5. The van der Waals surface area contributed by atoms with Gasteiger partial charge in [-0.05, 0) is 64.2 Å². The summed E-state index contributed by atoms with van der Waals surface area (Å²) < 4.78 is 5.48. The second-order valence-corrected chi connectivity index (χ2v) is 22.5. The van der Waals surface area contributed by atoms with Crippen molar-refractivity contribution in [1.82, 2.24) is 5.32 Å². The van der Waals surface area contributed by atoms with Gasteiger partial charge in [-0.1, -0.05) is 314 Å². The lowest BCUT2D eigenvalue weighted by atomic mass is 10.0. The first-order valence-corrected chi connectivity index (χ1v) is 32.8. The first-order valence-electron chi connectivity index (χ1n) is 32.8. The fourth-order valence-corrected chi connectivity index (χ4v) is 10.1. The molecule has 2 atom stereocenters. The SMILES string of the molecule is CCCCC/C=C\C/C=C\CCCCCCCC(=O)OCCCCCCCCCCCCCCCCCCCCCCCCCCCCCC(=O)NC(CO)C(O)/C=C/CCCCCCCCCCCCCC. The first kappa shape index (κ1) is 71.1. The van der Waals surface area contributed by atoms with Gasteiger partial charge in [-0.3, -0.25) is 9.59 Å². The summed E-state index contributed by atoms with van der Waals surface area (Å²) in [6, 6.07) is -0.625. The monoisotopic (exact) mass is 1030 g/mol. The van der Waals surface area contributed by atoms with E-state index < -0.39 is 12.1 Å². The van der Waals surface area contributed by atoms with Crippen LogP contribution in [0.5, 0.6) is 0 Å². The fourth-order valence-electron chi connectivity index (χ4n) is 10.1. The second-order valence-electron chi connectivity index (χ2n) is 22.5. The van der Waals surface area contributed by atoms with Crippen molar-refractivity contribution in [3.63, 3.8) is 0 Å². The molecule has 0 aliphatic carbocycles. The number of allylic oxidation sites excluding steroid dienone is 5. The van der Waals surface area contributed by atoms with E-state index in [-0.39, 0.29) is 18.5 Å². The highest BCUT2D eigenvalue weighted by Gasteiger charge is 2.18. The molecule has 1 amide bonds. The van der Waals surface area contributed by atoms with Crippen LogP contribution in [-0.2, 0) is 14.3 Å². The van der Waals surface area contributed by atoms with Crippen LogP contribution in [0, 0.1) is 0 Å².